The number of nitrogens with zero attached hydrogens (tertiary/aromatic N) is 2. The van der Waals surface area contributed by atoms with E-state index in [0.29, 0.717) is 35.4 Å². The second-order valence-corrected chi connectivity index (χ2v) is 8.49. The predicted octanol–water partition coefficient (Wildman–Crippen LogP) is 1.80. The molecule has 3 aromatic rings. The number of amides is 1. The van der Waals surface area contributed by atoms with E-state index < -0.39 is 15.6 Å². The molecule has 5 rings (SSSR count). The number of aromatic nitrogens is 2. The lowest BCUT2D eigenvalue weighted by atomic mass is 9.94. The van der Waals surface area contributed by atoms with E-state index in [1.807, 2.05) is 0 Å². The van der Waals surface area contributed by atoms with Crippen LogP contribution < -0.4 is 10.6 Å². The SMILES string of the molecule is O=C1Nc2cnc3c(ccn3S(=O)(=O)c3ccccc3)c2NC12CCOC2. The summed E-state index contributed by atoms with van der Waals surface area (Å²) in [5.41, 5.74) is 0.657. The number of hydrogen-bond donors (Lipinski definition) is 2. The highest BCUT2D eigenvalue weighted by Gasteiger charge is 2.46. The lowest BCUT2D eigenvalue weighted by Gasteiger charge is -2.34. The van der Waals surface area contributed by atoms with Crippen LogP contribution in [0.2, 0.25) is 0 Å². The maximum absolute atomic E-state index is 13.0. The van der Waals surface area contributed by atoms with Gasteiger partial charge in [0, 0.05) is 24.6 Å². The van der Waals surface area contributed by atoms with Crippen molar-refractivity contribution in [2.45, 2.75) is 16.9 Å². The highest BCUT2D eigenvalue weighted by molar-refractivity contribution is 7.90. The van der Waals surface area contributed by atoms with Crippen LogP contribution >= 0.6 is 0 Å². The molecule has 8 nitrogen and oxygen atoms in total. The quantitative estimate of drug-likeness (QED) is 0.698. The van der Waals surface area contributed by atoms with Gasteiger partial charge in [-0.3, -0.25) is 4.79 Å². The fraction of sp³-hybridized carbons (Fsp3) is 0.222. The molecule has 1 saturated heterocycles. The van der Waals surface area contributed by atoms with Crippen LogP contribution in [0.1, 0.15) is 6.42 Å². The van der Waals surface area contributed by atoms with E-state index in [-0.39, 0.29) is 17.4 Å². The highest BCUT2D eigenvalue weighted by atomic mass is 32.2. The van der Waals surface area contributed by atoms with Gasteiger partial charge in [-0.15, -0.1) is 0 Å². The maximum atomic E-state index is 13.0. The van der Waals surface area contributed by atoms with E-state index in [0.717, 1.165) is 3.97 Å². The fourth-order valence-corrected chi connectivity index (χ4v) is 4.90. The van der Waals surface area contributed by atoms with Crippen LogP contribution in [-0.4, -0.2) is 42.0 Å². The van der Waals surface area contributed by atoms with E-state index in [4.69, 9.17) is 4.74 Å². The Morgan fingerprint density at radius 2 is 2.00 bits per heavy atom. The Labute approximate surface area is 155 Å². The average molecular weight is 384 g/mol. The zero-order chi connectivity index (χ0) is 18.6. The normalized spacial score (nSPS) is 21.9. The van der Waals surface area contributed by atoms with E-state index in [1.54, 1.807) is 36.4 Å². The topological polar surface area (TPSA) is 102 Å². The van der Waals surface area contributed by atoms with Gasteiger partial charge in [-0.25, -0.2) is 17.4 Å². The summed E-state index contributed by atoms with van der Waals surface area (Å²) in [6, 6.07) is 9.89. The number of ether oxygens (including phenoxy) is 1. The first-order valence-electron chi connectivity index (χ1n) is 8.49. The van der Waals surface area contributed by atoms with Gasteiger partial charge in [-0.1, -0.05) is 18.2 Å². The number of anilines is 2. The number of carbonyl (C=O) groups is 1. The molecule has 9 heteroatoms. The zero-order valence-electron chi connectivity index (χ0n) is 14.2. The molecule has 1 atom stereocenters. The molecule has 1 aromatic carbocycles. The molecular weight excluding hydrogens is 368 g/mol. The molecule has 1 unspecified atom stereocenters. The van der Waals surface area contributed by atoms with Crippen molar-refractivity contribution in [3.8, 4) is 0 Å². The molecule has 2 N–H and O–H groups in total. The number of nitrogens with one attached hydrogen (secondary N) is 2. The molecule has 0 saturated carbocycles. The van der Waals surface area contributed by atoms with Crippen LogP contribution in [0.4, 0.5) is 11.4 Å². The molecular formula is C18H16N4O4S. The Morgan fingerprint density at radius 1 is 1.19 bits per heavy atom. The van der Waals surface area contributed by atoms with Gasteiger partial charge in [0.25, 0.3) is 15.9 Å². The number of carbonyl (C=O) groups excluding carboxylic acids is 1. The molecule has 1 spiro atoms. The summed E-state index contributed by atoms with van der Waals surface area (Å²) in [4.78, 5) is 17.0. The minimum Gasteiger partial charge on any atom is -0.378 e. The molecule has 1 amide bonds. The fourth-order valence-electron chi connectivity index (χ4n) is 3.57. The number of pyridine rings is 1. The predicted molar refractivity (Wildman–Crippen MR) is 99.2 cm³/mol. The average Bonchev–Trinajstić information content (AvgIpc) is 3.32. The molecule has 2 aliphatic heterocycles. The van der Waals surface area contributed by atoms with Gasteiger partial charge >= 0.3 is 0 Å². The molecule has 4 heterocycles. The number of benzene rings is 1. The van der Waals surface area contributed by atoms with Gasteiger partial charge in [0.05, 0.1) is 29.1 Å². The summed E-state index contributed by atoms with van der Waals surface area (Å²) in [7, 11) is -3.77. The maximum Gasteiger partial charge on any atom is 0.269 e. The van der Waals surface area contributed by atoms with Crippen LogP contribution in [0, 0.1) is 0 Å². The van der Waals surface area contributed by atoms with E-state index in [1.165, 1.54) is 12.4 Å². The van der Waals surface area contributed by atoms with Crippen molar-refractivity contribution in [2.75, 3.05) is 23.8 Å². The van der Waals surface area contributed by atoms with E-state index >= 15 is 0 Å². The van der Waals surface area contributed by atoms with Crippen molar-refractivity contribution in [2.24, 2.45) is 0 Å². The summed E-state index contributed by atoms with van der Waals surface area (Å²) in [6.07, 6.45) is 3.50. The molecule has 0 aliphatic carbocycles. The molecule has 0 radical (unpaired) electrons. The summed E-state index contributed by atoms with van der Waals surface area (Å²) >= 11 is 0. The van der Waals surface area contributed by atoms with Crippen LogP contribution in [0.5, 0.6) is 0 Å². The zero-order valence-corrected chi connectivity index (χ0v) is 15.0. The second-order valence-electron chi connectivity index (χ2n) is 6.68. The van der Waals surface area contributed by atoms with Crippen molar-refractivity contribution in [3.05, 3.63) is 48.8 Å². The third kappa shape index (κ3) is 2.28. The minimum atomic E-state index is -3.77. The Balaban J connectivity index is 1.67. The summed E-state index contributed by atoms with van der Waals surface area (Å²) in [5, 5.41) is 6.77. The van der Waals surface area contributed by atoms with Gasteiger partial charge in [-0.2, -0.15) is 0 Å². The van der Waals surface area contributed by atoms with E-state index in [9.17, 15) is 13.2 Å². The molecule has 138 valence electrons. The molecule has 0 bridgehead atoms. The van der Waals surface area contributed by atoms with Crippen LogP contribution in [-0.2, 0) is 19.6 Å². The lowest BCUT2D eigenvalue weighted by molar-refractivity contribution is -0.120. The lowest BCUT2D eigenvalue weighted by Crippen LogP contribution is -2.53. The third-order valence-corrected chi connectivity index (χ3v) is 6.73. The van der Waals surface area contributed by atoms with Gasteiger partial charge in [0.15, 0.2) is 5.65 Å². The molecule has 2 aromatic heterocycles. The smallest absolute Gasteiger partial charge is 0.269 e. The Morgan fingerprint density at radius 3 is 2.74 bits per heavy atom. The first kappa shape index (κ1) is 16.3. The summed E-state index contributed by atoms with van der Waals surface area (Å²) in [6.45, 7) is 0.762. The van der Waals surface area contributed by atoms with Crippen molar-refractivity contribution in [1.82, 2.24) is 8.96 Å². The summed E-state index contributed by atoms with van der Waals surface area (Å²) in [5.74, 6) is -0.162. The number of hydrogen-bond acceptors (Lipinski definition) is 6. The summed E-state index contributed by atoms with van der Waals surface area (Å²) < 4.78 is 32.6. The Kier molecular flexibility index (Phi) is 3.34. The molecule has 1 fully saturated rings. The van der Waals surface area contributed by atoms with Crippen molar-refractivity contribution < 1.29 is 17.9 Å². The first-order chi connectivity index (χ1) is 13.0. The van der Waals surface area contributed by atoms with Crippen molar-refractivity contribution in [3.63, 3.8) is 0 Å². The standard InChI is InChI=1S/C18H16N4O4S/c23-17-18(7-9-26-11-18)21-15-13-6-8-22(16(13)19-10-14(15)20-17)27(24,25)12-4-2-1-3-5-12/h1-6,8,10,21H,7,9,11H2,(H,20,23). The van der Waals surface area contributed by atoms with E-state index in [2.05, 4.69) is 15.6 Å². The van der Waals surface area contributed by atoms with Crippen LogP contribution in [0.25, 0.3) is 11.0 Å². The minimum absolute atomic E-state index is 0.162. The van der Waals surface area contributed by atoms with Crippen LogP contribution in [0.15, 0.2) is 53.7 Å². The monoisotopic (exact) mass is 384 g/mol. The van der Waals surface area contributed by atoms with Gasteiger partial charge in [0.2, 0.25) is 0 Å². The van der Waals surface area contributed by atoms with Crippen LogP contribution in [0.3, 0.4) is 0 Å². The Bertz CT molecular complexity index is 1160. The second kappa shape index (κ2) is 5.54. The number of fused-ring (bicyclic) bond motifs is 3. The molecule has 27 heavy (non-hydrogen) atoms. The van der Waals surface area contributed by atoms with Gasteiger partial charge in [0.1, 0.15) is 5.54 Å². The largest absolute Gasteiger partial charge is 0.378 e. The molecule has 2 aliphatic rings. The van der Waals surface area contributed by atoms with Crippen molar-refractivity contribution in [1.29, 1.82) is 0 Å². The first-order valence-corrected chi connectivity index (χ1v) is 9.93. The van der Waals surface area contributed by atoms with Gasteiger partial charge in [-0.05, 0) is 18.2 Å². The number of rotatable bonds is 2. The van der Waals surface area contributed by atoms with Gasteiger partial charge < -0.3 is 15.4 Å². The van der Waals surface area contributed by atoms with Crippen molar-refractivity contribution >= 4 is 38.3 Å². The third-order valence-electron chi connectivity index (χ3n) is 5.05. The Hall–Kier alpha value is -2.91. The highest BCUT2D eigenvalue weighted by Crippen LogP contribution is 2.39.